The molecule has 0 aromatic carbocycles. The first-order valence-corrected chi connectivity index (χ1v) is 8.35. The van der Waals surface area contributed by atoms with Crippen LogP contribution in [0.4, 0.5) is 24.8 Å². The Kier molecular flexibility index (Phi) is 4.72. The van der Waals surface area contributed by atoms with Crippen molar-refractivity contribution in [3.8, 4) is 0 Å². The quantitative estimate of drug-likeness (QED) is 0.897. The van der Waals surface area contributed by atoms with Crippen molar-refractivity contribution in [2.45, 2.75) is 32.4 Å². The topological polar surface area (TPSA) is 66.8 Å². The van der Waals surface area contributed by atoms with Gasteiger partial charge in [0.25, 0.3) is 0 Å². The fourth-order valence-electron chi connectivity index (χ4n) is 2.64. The maximum atomic E-state index is 12.6. The minimum atomic E-state index is -4.47. The van der Waals surface area contributed by atoms with Gasteiger partial charge in [0.05, 0.1) is 5.69 Å². The molecule has 0 unspecified atom stereocenters. The van der Waals surface area contributed by atoms with E-state index >= 15 is 0 Å². The van der Waals surface area contributed by atoms with Crippen molar-refractivity contribution >= 4 is 11.6 Å². The molecular weight excluding hydrogens is 345 g/mol. The number of hydrogen-bond acceptors (Lipinski definition) is 6. The van der Waals surface area contributed by atoms with E-state index in [2.05, 4.69) is 51.2 Å². The van der Waals surface area contributed by atoms with Crippen LogP contribution in [0, 0.1) is 5.92 Å². The minimum Gasteiger partial charge on any atom is -0.370 e. The molecule has 0 atom stereocenters. The van der Waals surface area contributed by atoms with Gasteiger partial charge in [-0.05, 0) is 12.1 Å². The van der Waals surface area contributed by atoms with E-state index in [-0.39, 0.29) is 11.2 Å². The molecule has 9 heteroatoms. The zero-order valence-corrected chi connectivity index (χ0v) is 14.9. The van der Waals surface area contributed by atoms with E-state index in [1.165, 1.54) is 0 Å². The Balaban J connectivity index is 1.50. The summed E-state index contributed by atoms with van der Waals surface area (Å²) < 4.78 is 37.9. The summed E-state index contributed by atoms with van der Waals surface area (Å²) >= 11 is 0. The first-order chi connectivity index (χ1) is 12.1. The van der Waals surface area contributed by atoms with Crippen molar-refractivity contribution in [2.75, 3.05) is 29.9 Å². The highest BCUT2D eigenvalue weighted by atomic mass is 19.4. The SMILES string of the molecule is CC(C)(C)c1ccc(N2CC(CNc3cc(C(F)(F)F)ncn3)C2)nn1. The summed E-state index contributed by atoms with van der Waals surface area (Å²) in [5.74, 6) is 1.30. The molecule has 1 fully saturated rings. The van der Waals surface area contributed by atoms with Gasteiger partial charge < -0.3 is 10.2 Å². The number of nitrogens with zero attached hydrogens (tertiary/aromatic N) is 5. The second kappa shape index (κ2) is 6.69. The summed E-state index contributed by atoms with van der Waals surface area (Å²) in [5.41, 5.74) is -0.0524. The number of rotatable bonds is 4. The molecule has 0 radical (unpaired) electrons. The van der Waals surface area contributed by atoms with Crippen LogP contribution < -0.4 is 10.2 Å². The first-order valence-electron chi connectivity index (χ1n) is 8.35. The van der Waals surface area contributed by atoms with Crippen LogP contribution in [0.2, 0.25) is 0 Å². The molecule has 26 heavy (non-hydrogen) atoms. The molecule has 2 aromatic rings. The Labute approximate surface area is 149 Å². The Bertz CT molecular complexity index is 748. The average Bonchev–Trinajstić information content (AvgIpc) is 2.52. The molecule has 0 aliphatic carbocycles. The smallest absolute Gasteiger partial charge is 0.370 e. The van der Waals surface area contributed by atoms with Gasteiger partial charge in [0.2, 0.25) is 0 Å². The highest BCUT2D eigenvalue weighted by Crippen LogP contribution is 2.29. The Morgan fingerprint density at radius 1 is 1.08 bits per heavy atom. The third-order valence-corrected chi connectivity index (χ3v) is 4.23. The van der Waals surface area contributed by atoms with Crippen LogP contribution in [-0.4, -0.2) is 39.8 Å². The van der Waals surface area contributed by atoms with E-state index in [0.717, 1.165) is 37.0 Å². The fourth-order valence-corrected chi connectivity index (χ4v) is 2.64. The molecule has 1 aliphatic rings. The number of alkyl halides is 3. The lowest BCUT2D eigenvalue weighted by molar-refractivity contribution is -0.141. The van der Waals surface area contributed by atoms with Crippen LogP contribution >= 0.6 is 0 Å². The number of anilines is 2. The predicted molar refractivity (Wildman–Crippen MR) is 92.0 cm³/mol. The molecule has 0 amide bonds. The Morgan fingerprint density at radius 2 is 1.81 bits per heavy atom. The van der Waals surface area contributed by atoms with E-state index in [1.54, 1.807) is 0 Å². The van der Waals surface area contributed by atoms with Crippen molar-refractivity contribution in [3.63, 3.8) is 0 Å². The van der Waals surface area contributed by atoms with Gasteiger partial charge >= 0.3 is 6.18 Å². The lowest BCUT2D eigenvalue weighted by Gasteiger charge is -2.40. The largest absolute Gasteiger partial charge is 0.433 e. The number of aromatic nitrogens is 4. The van der Waals surface area contributed by atoms with E-state index < -0.39 is 11.9 Å². The highest BCUT2D eigenvalue weighted by Gasteiger charge is 2.33. The molecule has 0 spiro atoms. The second-order valence-corrected chi connectivity index (χ2v) is 7.46. The highest BCUT2D eigenvalue weighted by molar-refractivity contribution is 5.42. The van der Waals surface area contributed by atoms with Gasteiger partial charge in [0.1, 0.15) is 17.8 Å². The second-order valence-electron chi connectivity index (χ2n) is 7.46. The molecule has 3 heterocycles. The van der Waals surface area contributed by atoms with Crippen molar-refractivity contribution in [3.05, 3.63) is 35.9 Å². The van der Waals surface area contributed by atoms with Gasteiger partial charge in [-0.1, -0.05) is 20.8 Å². The third-order valence-electron chi connectivity index (χ3n) is 4.23. The maximum Gasteiger partial charge on any atom is 0.433 e. The molecule has 0 bridgehead atoms. The normalized spacial score (nSPS) is 15.7. The van der Waals surface area contributed by atoms with Gasteiger partial charge in [-0.25, -0.2) is 9.97 Å². The van der Waals surface area contributed by atoms with Gasteiger partial charge in [-0.15, -0.1) is 5.10 Å². The van der Waals surface area contributed by atoms with Gasteiger partial charge in [-0.2, -0.15) is 18.3 Å². The molecule has 6 nitrogen and oxygen atoms in total. The van der Waals surface area contributed by atoms with Crippen LogP contribution in [0.1, 0.15) is 32.2 Å². The summed E-state index contributed by atoms with van der Waals surface area (Å²) in [6, 6.07) is 4.86. The third kappa shape index (κ3) is 4.20. The molecule has 1 saturated heterocycles. The first kappa shape index (κ1) is 18.3. The number of nitrogens with one attached hydrogen (secondary N) is 1. The minimum absolute atomic E-state index is 0.0419. The monoisotopic (exact) mass is 366 g/mol. The fraction of sp³-hybridized carbons (Fsp3) is 0.529. The molecule has 3 rings (SSSR count). The zero-order chi connectivity index (χ0) is 18.9. The van der Waals surface area contributed by atoms with Gasteiger partial charge in [-0.3, -0.25) is 0 Å². The predicted octanol–water partition coefficient (Wildman–Crippen LogP) is 3.13. The zero-order valence-electron chi connectivity index (χ0n) is 14.9. The lowest BCUT2D eigenvalue weighted by Crippen LogP contribution is -2.50. The van der Waals surface area contributed by atoms with E-state index in [4.69, 9.17) is 0 Å². The van der Waals surface area contributed by atoms with Crippen LogP contribution in [-0.2, 0) is 11.6 Å². The summed E-state index contributed by atoms with van der Waals surface area (Å²) in [6.45, 7) is 8.33. The van der Waals surface area contributed by atoms with Crippen LogP contribution in [0.25, 0.3) is 0 Å². The van der Waals surface area contributed by atoms with Crippen molar-refractivity contribution in [1.82, 2.24) is 20.2 Å². The lowest BCUT2D eigenvalue weighted by atomic mass is 9.92. The van der Waals surface area contributed by atoms with Crippen molar-refractivity contribution in [2.24, 2.45) is 5.92 Å². The molecule has 2 aromatic heterocycles. The maximum absolute atomic E-state index is 12.6. The molecular formula is C17H21F3N6. The summed E-state index contributed by atoms with van der Waals surface area (Å²) in [6.07, 6.45) is -3.55. The van der Waals surface area contributed by atoms with E-state index in [1.807, 2.05) is 12.1 Å². The van der Waals surface area contributed by atoms with E-state index in [0.29, 0.717) is 12.5 Å². The van der Waals surface area contributed by atoms with E-state index in [9.17, 15) is 13.2 Å². The van der Waals surface area contributed by atoms with Crippen molar-refractivity contribution in [1.29, 1.82) is 0 Å². The van der Waals surface area contributed by atoms with Gasteiger partial charge in [0.15, 0.2) is 5.82 Å². The molecule has 1 N–H and O–H groups in total. The number of halogens is 3. The molecule has 1 aliphatic heterocycles. The molecule has 0 saturated carbocycles. The van der Waals surface area contributed by atoms with Crippen LogP contribution in [0.5, 0.6) is 0 Å². The summed E-state index contributed by atoms with van der Waals surface area (Å²) in [5, 5.41) is 11.5. The average molecular weight is 366 g/mol. The van der Waals surface area contributed by atoms with Crippen LogP contribution in [0.3, 0.4) is 0 Å². The Hall–Kier alpha value is -2.45. The number of hydrogen-bond donors (Lipinski definition) is 1. The standard InChI is InChI=1S/C17H21F3N6/c1-16(2,3)12-4-5-15(25-24-12)26-8-11(9-26)7-21-14-6-13(17(18,19)20)22-10-23-14/h4-6,10-11H,7-9H2,1-3H3,(H,21,22,23). The van der Waals surface area contributed by atoms with Crippen molar-refractivity contribution < 1.29 is 13.2 Å². The summed E-state index contributed by atoms with van der Waals surface area (Å²) in [7, 11) is 0. The molecule has 140 valence electrons. The van der Waals surface area contributed by atoms with Crippen LogP contribution in [0.15, 0.2) is 24.5 Å². The Morgan fingerprint density at radius 3 is 2.38 bits per heavy atom. The van der Waals surface area contributed by atoms with Gasteiger partial charge in [0, 0.05) is 37.0 Å². The summed E-state index contributed by atoms with van der Waals surface area (Å²) in [4.78, 5) is 9.17.